The third-order valence-electron chi connectivity index (χ3n) is 5.64. The van der Waals surface area contributed by atoms with Crippen molar-refractivity contribution in [1.29, 1.82) is 0 Å². The number of carbonyl (C=O) groups excluding carboxylic acids is 1. The van der Waals surface area contributed by atoms with Gasteiger partial charge < -0.3 is 19.0 Å². The molecule has 2 aromatic carbocycles. The zero-order chi connectivity index (χ0) is 23.8. The molecule has 0 amide bonds. The molecule has 1 aliphatic carbocycles. The van der Waals surface area contributed by atoms with E-state index in [0.717, 1.165) is 48.9 Å². The number of rotatable bonds is 11. The number of benzene rings is 2. The number of anilines is 1. The van der Waals surface area contributed by atoms with E-state index in [9.17, 15) is 13.2 Å². The van der Waals surface area contributed by atoms with Gasteiger partial charge in [0, 0.05) is 25.3 Å². The van der Waals surface area contributed by atoms with Gasteiger partial charge in [0.1, 0.15) is 5.75 Å². The minimum Gasteiger partial charge on any atom is -0.464 e. The Balaban J connectivity index is 1.52. The number of hydrogen-bond acceptors (Lipinski definition) is 7. The molecule has 2 atom stereocenters. The van der Waals surface area contributed by atoms with Gasteiger partial charge in [0.2, 0.25) is 0 Å². The molecule has 33 heavy (non-hydrogen) atoms. The van der Waals surface area contributed by atoms with Gasteiger partial charge in [-0.1, -0.05) is 18.2 Å². The second-order valence-corrected chi connectivity index (χ2v) is 9.88. The molecule has 0 fully saturated rings. The molecule has 0 aromatic heterocycles. The molecule has 180 valence electrons. The Morgan fingerprint density at radius 2 is 1.85 bits per heavy atom. The highest BCUT2D eigenvalue weighted by atomic mass is 32.2. The SMILES string of the molecule is CCOC(=O)C(Cc1ccc(NCC2CCc3cc(OS(C)(=O)=O)ccc3C2)cc1)OCC. The van der Waals surface area contributed by atoms with Crippen LogP contribution in [0.15, 0.2) is 42.5 Å². The minimum atomic E-state index is -3.51. The van der Waals surface area contributed by atoms with E-state index in [1.54, 1.807) is 13.0 Å². The first-order chi connectivity index (χ1) is 15.8. The lowest BCUT2D eigenvalue weighted by Gasteiger charge is -2.25. The minimum absolute atomic E-state index is 0.325. The zero-order valence-electron chi connectivity index (χ0n) is 19.5. The Morgan fingerprint density at radius 1 is 1.09 bits per heavy atom. The Kier molecular flexibility index (Phi) is 8.74. The summed E-state index contributed by atoms with van der Waals surface area (Å²) in [7, 11) is -3.51. The summed E-state index contributed by atoms with van der Waals surface area (Å²) in [5.41, 5.74) is 4.45. The largest absolute Gasteiger partial charge is 0.464 e. The normalized spacial score (nSPS) is 16.5. The van der Waals surface area contributed by atoms with Crippen molar-refractivity contribution in [2.24, 2.45) is 5.92 Å². The van der Waals surface area contributed by atoms with Gasteiger partial charge in [-0.3, -0.25) is 0 Å². The molecule has 2 unspecified atom stereocenters. The van der Waals surface area contributed by atoms with E-state index in [2.05, 4.69) is 5.32 Å². The first-order valence-corrected chi connectivity index (χ1v) is 13.2. The van der Waals surface area contributed by atoms with Gasteiger partial charge in [-0.2, -0.15) is 8.42 Å². The maximum atomic E-state index is 12.1. The summed E-state index contributed by atoms with van der Waals surface area (Å²) in [4.78, 5) is 12.1. The summed E-state index contributed by atoms with van der Waals surface area (Å²) in [5.74, 6) is 0.543. The fourth-order valence-electron chi connectivity index (χ4n) is 4.09. The van der Waals surface area contributed by atoms with Crippen LogP contribution in [0, 0.1) is 5.92 Å². The van der Waals surface area contributed by atoms with Crippen LogP contribution >= 0.6 is 0 Å². The van der Waals surface area contributed by atoms with Crippen LogP contribution in [-0.2, 0) is 43.6 Å². The van der Waals surface area contributed by atoms with E-state index in [4.69, 9.17) is 13.7 Å². The highest BCUT2D eigenvalue weighted by Crippen LogP contribution is 2.29. The Morgan fingerprint density at radius 3 is 2.52 bits per heavy atom. The Labute approximate surface area is 196 Å². The second-order valence-electron chi connectivity index (χ2n) is 8.30. The molecule has 0 spiro atoms. The van der Waals surface area contributed by atoms with Crippen LogP contribution in [-0.4, -0.2) is 46.5 Å². The molecule has 3 rings (SSSR count). The maximum Gasteiger partial charge on any atom is 0.335 e. The highest BCUT2D eigenvalue weighted by Gasteiger charge is 2.21. The number of fused-ring (bicyclic) bond motifs is 1. The molecule has 0 saturated heterocycles. The van der Waals surface area contributed by atoms with Crippen molar-refractivity contribution < 1.29 is 26.9 Å². The van der Waals surface area contributed by atoms with Gasteiger partial charge in [-0.25, -0.2) is 4.79 Å². The van der Waals surface area contributed by atoms with Crippen molar-refractivity contribution >= 4 is 21.8 Å². The van der Waals surface area contributed by atoms with Gasteiger partial charge in [0.15, 0.2) is 6.10 Å². The smallest absolute Gasteiger partial charge is 0.335 e. The molecule has 8 heteroatoms. The fraction of sp³-hybridized carbons (Fsp3) is 0.480. The van der Waals surface area contributed by atoms with Crippen molar-refractivity contribution in [3.63, 3.8) is 0 Å². The molecule has 0 aliphatic heterocycles. The van der Waals surface area contributed by atoms with Gasteiger partial charge in [-0.15, -0.1) is 0 Å². The van der Waals surface area contributed by atoms with Crippen molar-refractivity contribution in [3.8, 4) is 5.75 Å². The van der Waals surface area contributed by atoms with Crippen LogP contribution in [0.4, 0.5) is 5.69 Å². The number of carbonyl (C=O) groups is 1. The lowest BCUT2D eigenvalue weighted by Crippen LogP contribution is -2.29. The Hall–Kier alpha value is -2.58. The van der Waals surface area contributed by atoms with E-state index in [0.29, 0.717) is 31.3 Å². The van der Waals surface area contributed by atoms with Gasteiger partial charge in [0.05, 0.1) is 12.9 Å². The quantitative estimate of drug-likeness (QED) is 0.391. The van der Waals surface area contributed by atoms with Crippen molar-refractivity contribution in [3.05, 3.63) is 59.2 Å². The van der Waals surface area contributed by atoms with E-state index >= 15 is 0 Å². The summed E-state index contributed by atoms with van der Waals surface area (Å²) in [6, 6.07) is 13.6. The van der Waals surface area contributed by atoms with Crippen molar-refractivity contribution in [2.75, 3.05) is 31.3 Å². The predicted molar refractivity (Wildman–Crippen MR) is 128 cm³/mol. The predicted octanol–water partition coefficient (Wildman–Crippen LogP) is 3.75. The van der Waals surface area contributed by atoms with E-state index in [-0.39, 0.29) is 5.97 Å². The molecule has 0 heterocycles. The average molecular weight is 476 g/mol. The number of nitrogens with one attached hydrogen (secondary N) is 1. The number of esters is 1. The number of aryl methyl sites for hydroxylation is 1. The van der Waals surface area contributed by atoms with Crippen LogP contribution in [0.3, 0.4) is 0 Å². The van der Waals surface area contributed by atoms with Crippen LogP contribution in [0.5, 0.6) is 5.75 Å². The second kappa shape index (κ2) is 11.5. The summed E-state index contributed by atoms with van der Waals surface area (Å²) in [6.07, 6.45) is 3.81. The lowest BCUT2D eigenvalue weighted by molar-refractivity contribution is -0.156. The molecule has 1 N–H and O–H groups in total. The Bertz CT molecular complexity index is 1040. The van der Waals surface area contributed by atoms with Crippen LogP contribution < -0.4 is 9.50 Å². The maximum absolute atomic E-state index is 12.1. The standard InChI is InChI=1S/C25H33NO6S/c1-4-30-24(25(27)31-5-2)15-18-7-11-22(12-8-18)26-17-19-6-9-21-16-23(32-33(3,28)29)13-10-20(21)14-19/h7-8,10-13,16,19,24,26H,4-6,9,14-15,17H2,1-3H3. The van der Waals surface area contributed by atoms with Crippen LogP contribution in [0.1, 0.15) is 37.0 Å². The lowest BCUT2D eigenvalue weighted by atomic mass is 9.84. The average Bonchev–Trinajstić information content (AvgIpc) is 2.77. The fourth-order valence-corrected chi connectivity index (χ4v) is 4.54. The van der Waals surface area contributed by atoms with Crippen LogP contribution in [0.25, 0.3) is 0 Å². The van der Waals surface area contributed by atoms with E-state index < -0.39 is 16.2 Å². The molecule has 1 aliphatic rings. The van der Waals surface area contributed by atoms with Crippen LogP contribution in [0.2, 0.25) is 0 Å². The van der Waals surface area contributed by atoms with E-state index in [1.807, 2.05) is 43.3 Å². The van der Waals surface area contributed by atoms with Gasteiger partial charge in [0.25, 0.3) is 0 Å². The van der Waals surface area contributed by atoms with Gasteiger partial charge in [-0.05, 0) is 80.0 Å². The summed E-state index contributed by atoms with van der Waals surface area (Å²) < 4.78 is 38.3. The number of ether oxygens (including phenoxy) is 2. The molecule has 0 bridgehead atoms. The monoisotopic (exact) mass is 475 g/mol. The molecule has 7 nitrogen and oxygen atoms in total. The first kappa shape index (κ1) is 25.1. The number of hydrogen-bond donors (Lipinski definition) is 1. The highest BCUT2D eigenvalue weighted by molar-refractivity contribution is 7.86. The van der Waals surface area contributed by atoms with Gasteiger partial charge >= 0.3 is 16.1 Å². The molecular weight excluding hydrogens is 442 g/mol. The summed E-state index contributed by atoms with van der Waals surface area (Å²) >= 11 is 0. The van der Waals surface area contributed by atoms with Crippen molar-refractivity contribution in [2.45, 2.75) is 45.6 Å². The molecule has 0 saturated carbocycles. The van der Waals surface area contributed by atoms with E-state index in [1.165, 1.54) is 5.56 Å². The van der Waals surface area contributed by atoms with Crippen molar-refractivity contribution in [1.82, 2.24) is 0 Å². The zero-order valence-corrected chi connectivity index (χ0v) is 20.3. The third-order valence-corrected chi connectivity index (χ3v) is 6.14. The summed E-state index contributed by atoms with van der Waals surface area (Å²) in [5, 5.41) is 3.51. The topological polar surface area (TPSA) is 90.9 Å². The first-order valence-electron chi connectivity index (χ1n) is 11.4. The molecule has 0 radical (unpaired) electrons. The summed E-state index contributed by atoms with van der Waals surface area (Å²) in [6.45, 7) is 5.30. The third kappa shape index (κ3) is 7.75. The molecular formula is C25H33NO6S. The molecule has 2 aromatic rings.